The highest BCUT2D eigenvalue weighted by molar-refractivity contribution is 6.09. The van der Waals surface area contributed by atoms with Crippen LogP contribution in [0.15, 0.2) is 66.9 Å². The molecule has 3 N–H and O–H groups in total. The molecule has 12 heteroatoms. The maximum Gasteiger partial charge on any atom is 0.317 e. The van der Waals surface area contributed by atoms with E-state index in [9.17, 15) is 29.1 Å². The van der Waals surface area contributed by atoms with Crippen molar-refractivity contribution < 1.29 is 53.5 Å². The van der Waals surface area contributed by atoms with Gasteiger partial charge < -0.3 is 29.5 Å². The first-order chi connectivity index (χ1) is 23.2. The van der Waals surface area contributed by atoms with Crippen molar-refractivity contribution in [3.05, 3.63) is 78.1 Å². The lowest BCUT2D eigenvalue weighted by molar-refractivity contribution is -0.156. The number of benzene rings is 2. The van der Waals surface area contributed by atoms with Gasteiger partial charge in [0.1, 0.15) is 24.2 Å². The maximum absolute atomic E-state index is 13.3. The molecule has 0 aliphatic carbocycles. The number of carboxylic acids is 2. The zero-order valence-electron chi connectivity index (χ0n) is 28.8. The average molecular weight is 684 g/mol. The average Bonchev–Trinajstić information content (AvgIpc) is 3.05. The number of hydrogen-bond donors (Lipinski definition) is 3. The van der Waals surface area contributed by atoms with Crippen LogP contribution in [0.5, 0.6) is 5.75 Å². The lowest BCUT2D eigenvalue weighted by atomic mass is 9.77. The number of esters is 2. The minimum absolute atomic E-state index is 0.0908. The summed E-state index contributed by atoms with van der Waals surface area (Å²) >= 11 is 0. The Morgan fingerprint density at radius 1 is 0.837 bits per heavy atom. The fourth-order valence-corrected chi connectivity index (χ4v) is 5.13. The highest BCUT2D eigenvalue weighted by atomic mass is 16.5. The molecule has 49 heavy (non-hydrogen) atoms. The molecule has 3 unspecified atom stereocenters. The summed E-state index contributed by atoms with van der Waals surface area (Å²) < 4.78 is 17.0. The summed E-state index contributed by atoms with van der Waals surface area (Å²) in [6.07, 6.45) is 0.815. The zero-order chi connectivity index (χ0) is 36.6. The van der Waals surface area contributed by atoms with E-state index in [0.717, 1.165) is 11.3 Å². The molecule has 268 valence electrons. The van der Waals surface area contributed by atoms with E-state index in [4.69, 9.17) is 24.4 Å². The summed E-state index contributed by atoms with van der Waals surface area (Å²) in [5.74, 6) is -4.42. The molecule has 0 saturated heterocycles. The van der Waals surface area contributed by atoms with Crippen molar-refractivity contribution in [1.82, 2.24) is 4.90 Å². The van der Waals surface area contributed by atoms with Crippen LogP contribution in [0.25, 0.3) is 0 Å². The smallest absolute Gasteiger partial charge is 0.317 e. The third-order valence-electron chi connectivity index (χ3n) is 7.98. The lowest BCUT2D eigenvalue weighted by Gasteiger charge is -2.31. The molecule has 0 bridgehead atoms. The second kappa shape index (κ2) is 20.1. The van der Waals surface area contributed by atoms with E-state index in [0.29, 0.717) is 35.5 Å². The van der Waals surface area contributed by atoms with Gasteiger partial charge in [0.15, 0.2) is 5.78 Å². The number of unbranched alkanes of at least 4 members (excludes halogenated alkanes) is 1. The molecule has 0 aliphatic heterocycles. The summed E-state index contributed by atoms with van der Waals surface area (Å²) in [7, 11) is 0. The van der Waals surface area contributed by atoms with Crippen molar-refractivity contribution in [1.29, 1.82) is 0 Å². The van der Waals surface area contributed by atoms with E-state index in [1.165, 1.54) is 0 Å². The van der Waals surface area contributed by atoms with Crippen LogP contribution in [-0.4, -0.2) is 88.8 Å². The summed E-state index contributed by atoms with van der Waals surface area (Å²) in [4.78, 5) is 62.3. The van der Waals surface area contributed by atoms with Crippen LogP contribution in [-0.2, 0) is 28.7 Å². The number of hydrogen-bond acceptors (Lipinski definition) is 10. The fraction of sp³-hybridized carbons (Fsp3) is 0.486. The number of ketones is 1. The minimum Gasteiger partial charge on any atom is -0.480 e. The summed E-state index contributed by atoms with van der Waals surface area (Å²) in [5.41, 5.74) is 0.312. The van der Waals surface area contributed by atoms with E-state index in [1.807, 2.05) is 26.8 Å². The molecule has 12 nitrogen and oxygen atoms in total. The quantitative estimate of drug-likeness (QED) is 0.0621. The lowest BCUT2D eigenvalue weighted by Crippen LogP contribution is -2.41. The molecule has 0 aliphatic rings. The molecule has 0 fully saturated rings. The fourth-order valence-electron chi connectivity index (χ4n) is 5.13. The molecule has 0 aromatic heterocycles. The summed E-state index contributed by atoms with van der Waals surface area (Å²) in [6, 6.07) is 15.6. The molecule has 3 atom stereocenters. The van der Waals surface area contributed by atoms with Gasteiger partial charge in [-0.25, -0.2) is 0 Å². The van der Waals surface area contributed by atoms with Gasteiger partial charge in [0, 0.05) is 23.1 Å². The largest absolute Gasteiger partial charge is 0.480 e. The predicted octanol–water partition coefficient (Wildman–Crippen LogP) is 4.98. The van der Waals surface area contributed by atoms with Crippen molar-refractivity contribution in [2.75, 3.05) is 32.8 Å². The van der Waals surface area contributed by atoms with E-state index < -0.39 is 66.9 Å². The third-order valence-corrected chi connectivity index (χ3v) is 7.98. The highest BCUT2D eigenvalue weighted by Crippen LogP contribution is 2.37. The zero-order valence-corrected chi connectivity index (χ0v) is 28.8. The number of nitrogens with zero attached hydrogens (tertiary/aromatic N) is 1. The molecule has 2 aromatic rings. The number of aliphatic hydroxyl groups is 1. The number of aliphatic hydroxyl groups excluding tert-OH is 1. The molecule has 0 spiro atoms. The summed E-state index contributed by atoms with van der Waals surface area (Å²) in [6.45, 7) is 9.78. The molecule has 0 heterocycles. The van der Waals surface area contributed by atoms with Gasteiger partial charge in [-0.2, -0.15) is 0 Å². The van der Waals surface area contributed by atoms with Crippen LogP contribution in [0, 0.1) is 17.3 Å². The number of allylic oxidation sites excluding steroid dienone is 1. The number of carbonyl (C=O) groups is 5. The Bertz CT molecular complexity index is 1390. The second-order valence-corrected chi connectivity index (χ2v) is 12.6. The molecule has 2 rings (SSSR count). The Labute approximate surface area is 287 Å². The van der Waals surface area contributed by atoms with Crippen molar-refractivity contribution >= 4 is 29.7 Å². The highest BCUT2D eigenvalue weighted by Gasteiger charge is 2.36. The Morgan fingerprint density at radius 2 is 1.41 bits per heavy atom. The number of aliphatic carboxylic acids is 2. The monoisotopic (exact) mass is 683 g/mol. The molecule has 0 radical (unpaired) electrons. The van der Waals surface area contributed by atoms with Crippen LogP contribution in [0.3, 0.4) is 0 Å². The molecular formula is C37H49NO11. The van der Waals surface area contributed by atoms with Crippen LogP contribution in [0.2, 0.25) is 0 Å². The van der Waals surface area contributed by atoms with Gasteiger partial charge in [-0.3, -0.25) is 28.9 Å². The first-order valence-electron chi connectivity index (χ1n) is 16.4. The molecule has 0 amide bonds. The van der Waals surface area contributed by atoms with Gasteiger partial charge in [0.05, 0.1) is 31.5 Å². The number of carboxylic acid groups (broad SMARTS) is 2. The van der Waals surface area contributed by atoms with Gasteiger partial charge in [0.25, 0.3) is 0 Å². The first-order valence-corrected chi connectivity index (χ1v) is 16.4. The molecular weight excluding hydrogens is 634 g/mol. The normalized spacial score (nSPS) is 13.2. The molecule has 0 saturated carbocycles. The Kier molecular flexibility index (Phi) is 16.6. The predicted molar refractivity (Wildman–Crippen MR) is 181 cm³/mol. The van der Waals surface area contributed by atoms with Gasteiger partial charge >= 0.3 is 23.9 Å². The topological polar surface area (TPSA) is 177 Å². The van der Waals surface area contributed by atoms with Crippen LogP contribution < -0.4 is 4.74 Å². The van der Waals surface area contributed by atoms with Gasteiger partial charge in [0.2, 0.25) is 0 Å². The Hall–Kier alpha value is -4.55. The van der Waals surface area contributed by atoms with E-state index in [-0.39, 0.29) is 31.8 Å². The third kappa shape index (κ3) is 14.2. The van der Waals surface area contributed by atoms with Crippen molar-refractivity contribution in [3.8, 4) is 5.75 Å². The van der Waals surface area contributed by atoms with Crippen LogP contribution in [0.4, 0.5) is 0 Å². The van der Waals surface area contributed by atoms with Gasteiger partial charge in [-0.05, 0) is 49.9 Å². The summed E-state index contributed by atoms with van der Waals surface area (Å²) in [5, 5.41) is 28.4. The van der Waals surface area contributed by atoms with Gasteiger partial charge in [-0.1, -0.05) is 71.0 Å². The molecule has 2 aromatic carbocycles. The number of carbonyl (C=O) groups excluding carboxylic acids is 3. The van der Waals surface area contributed by atoms with E-state index in [1.54, 1.807) is 55.5 Å². The first kappa shape index (κ1) is 40.6. The van der Waals surface area contributed by atoms with Crippen molar-refractivity contribution in [3.63, 3.8) is 0 Å². The van der Waals surface area contributed by atoms with Crippen molar-refractivity contribution in [2.24, 2.45) is 17.3 Å². The van der Waals surface area contributed by atoms with E-state index in [2.05, 4.69) is 6.58 Å². The SMILES string of the molecule is C=C(Oc1ccc(C(=O)c2ccccc2)cc1)C(C)(C)CC(CC(CC)C(=O)OCC(O)CN(CC(=O)O)CC(=O)O)C(=O)OCCCC. The van der Waals surface area contributed by atoms with E-state index >= 15 is 0 Å². The minimum atomic E-state index is -1.33. The standard InChI is InChI=1S/C37H49NO11/c1-6-8-18-47-36(46)29(19-26(7-2)35(45)48-24-30(39)21-38(22-32(40)41)23-33(42)43)20-37(4,5)25(3)49-31-16-14-28(15-17-31)34(44)27-12-10-9-11-13-27/h9-17,26,29-30,39H,3,6-8,18-24H2,1-2,4-5H3,(H,40,41)(H,42,43). The van der Waals surface area contributed by atoms with Crippen LogP contribution >= 0.6 is 0 Å². The van der Waals surface area contributed by atoms with Gasteiger partial charge in [-0.15, -0.1) is 0 Å². The van der Waals surface area contributed by atoms with Crippen LogP contribution in [0.1, 0.15) is 75.7 Å². The van der Waals surface area contributed by atoms with Crippen molar-refractivity contribution in [2.45, 2.75) is 65.9 Å². The number of ether oxygens (including phenoxy) is 3. The Morgan fingerprint density at radius 3 is 1.96 bits per heavy atom. The number of rotatable bonds is 23. The second-order valence-electron chi connectivity index (χ2n) is 12.6. The Balaban J connectivity index is 2.10. The maximum atomic E-state index is 13.3.